The predicted octanol–water partition coefficient (Wildman–Crippen LogP) is -0.174. The first-order valence-corrected chi connectivity index (χ1v) is 5.47. The van der Waals surface area contributed by atoms with Crippen LogP contribution in [-0.4, -0.2) is 47.5 Å². The van der Waals surface area contributed by atoms with E-state index < -0.39 is 24.1 Å². The second kappa shape index (κ2) is 6.81. The van der Waals surface area contributed by atoms with Gasteiger partial charge in [0.25, 0.3) is 0 Å². The lowest BCUT2D eigenvalue weighted by molar-refractivity contribution is -0.144. The third kappa shape index (κ3) is 4.01. The minimum atomic E-state index is -1.40. The van der Waals surface area contributed by atoms with Gasteiger partial charge in [-0.25, -0.2) is 9.78 Å². The molecule has 0 aliphatic carbocycles. The van der Waals surface area contributed by atoms with E-state index in [0.29, 0.717) is 0 Å². The number of nitrogens with zero attached hydrogens (tertiary/aromatic N) is 1. The fraction of sp³-hybridized carbons (Fsp3) is 0.417. The number of carbonyl (C=O) groups excluding carboxylic acids is 2. The molecule has 2 unspecified atom stereocenters. The zero-order chi connectivity index (χ0) is 14.4. The van der Waals surface area contributed by atoms with Crippen molar-refractivity contribution in [2.24, 2.45) is 0 Å². The number of methoxy groups -OCH3 is 2. The molecule has 1 aromatic heterocycles. The molecule has 104 valence electrons. The summed E-state index contributed by atoms with van der Waals surface area (Å²) in [6.45, 7) is 0. The summed E-state index contributed by atoms with van der Waals surface area (Å²) in [6, 6.07) is 4.33. The molecule has 0 radical (unpaired) electrons. The Morgan fingerprint density at radius 2 is 1.95 bits per heavy atom. The van der Waals surface area contributed by atoms with E-state index in [1.807, 2.05) is 0 Å². The van der Waals surface area contributed by atoms with Crippen LogP contribution < -0.4 is 0 Å². The Kier molecular flexibility index (Phi) is 5.40. The summed E-state index contributed by atoms with van der Waals surface area (Å²) in [6.07, 6.45) is -3.14. The molecule has 0 saturated carbocycles. The van der Waals surface area contributed by atoms with Crippen molar-refractivity contribution in [3.63, 3.8) is 0 Å². The number of aliphatic hydroxyl groups is 2. The molecule has 0 aliphatic heterocycles. The second-order valence-electron chi connectivity index (χ2n) is 3.73. The van der Waals surface area contributed by atoms with Gasteiger partial charge in [0.1, 0.15) is 11.8 Å². The van der Waals surface area contributed by atoms with E-state index in [9.17, 15) is 19.8 Å². The van der Waals surface area contributed by atoms with Crippen LogP contribution in [-0.2, 0) is 14.3 Å². The van der Waals surface area contributed by atoms with Gasteiger partial charge in [-0.2, -0.15) is 0 Å². The van der Waals surface area contributed by atoms with E-state index in [0.717, 1.165) is 0 Å². The van der Waals surface area contributed by atoms with E-state index in [-0.39, 0.29) is 17.8 Å². The Labute approximate surface area is 109 Å². The van der Waals surface area contributed by atoms with Crippen LogP contribution in [0, 0.1) is 0 Å². The molecule has 0 bridgehead atoms. The molecule has 0 aliphatic rings. The van der Waals surface area contributed by atoms with Gasteiger partial charge >= 0.3 is 11.9 Å². The van der Waals surface area contributed by atoms with Gasteiger partial charge in [0.15, 0.2) is 0 Å². The summed E-state index contributed by atoms with van der Waals surface area (Å²) < 4.78 is 8.88. The van der Waals surface area contributed by atoms with Gasteiger partial charge in [-0.05, 0) is 12.1 Å². The number of esters is 2. The molecule has 7 nitrogen and oxygen atoms in total. The van der Waals surface area contributed by atoms with Crippen molar-refractivity contribution in [1.29, 1.82) is 0 Å². The maximum Gasteiger partial charge on any atom is 0.356 e. The van der Waals surface area contributed by atoms with Crippen molar-refractivity contribution < 1.29 is 29.3 Å². The Bertz CT molecular complexity index is 461. The second-order valence-corrected chi connectivity index (χ2v) is 3.73. The highest BCUT2D eigenvalue weighted by molar-refractivity contribution is 5.87. The molecule has 2 atom stereocenters. The first kappa shape index (κ1) is 15.1. The number of hydrogen-bond acceptors (Lipinski definition) is 7. The van der Waals surface area contributed by atoms with Crippen LogP contribution in [0.4, 0.5) is 0 Å². The summed E-state index contributed by atoms with van der Waals surface area (Å²) >= 11 is 0. The largest absolute Gasteiger partial charge is 0.469 e. The number of aliphatic hydroxyl groups excluding tert-OH is 2. The third-order valence-electron chi connectivity index (χ3n) is 2.44. The highest BCUT2D eigenvalue weighted by Gasteiger charge is 2.23. The first-order valence-electron chi connectivity index (χ1n) is 5.47. The van der Waals surface area contributed by atoms with E-state index >= 15 is 0 Å². The van der Waals surface area contributed by atoms with E-state index in [1.54, 1.807) is 0 Å². The van der Waals surface area contributed by atoms with Crippen molar-refractivity contribution in [2.75, 3.05) is 14.2 Å². The van der Waals surface area contributed by atoms with E-state index in [2.05, 4.69) is 14.5 Å². The van der Waals surface area contributed by atoms with Gasteiger partial charge < -0.3 is 19.7 Å². The lowest BCUT2D eigenvalue weighted by Crippen LogP contribution is -2.23. The maximum absolute atomic E-state index is 11.3. The van der Waals surface area contributed by atoms with Crippen LogP contribution in [0.15, 0.2) is 18.2 Å². The zero-order valence-electron chi connectivity index (χ0n) is 10.6. The van der Waals surface area contributed by atoms with Crippen molar-refractivity contribution in [1.82, 2.24) is 4.98 Å². The number of ether oxygens (including phenoxy) is 2. The topological polar surface area (TPSA) is 106 Å². The van der Waals surface area contributed by atoms with Crippen molar-refractivity contribution in [3.8, 4) is 0 Å². The van der Waals surface area contributed by atoms with E-state index in [4.69, 9.17) is 0 Å². The van der Waals surface area contributed by atoms with Gasteiger partial charge in [-0.3, -0.25) is 4.79 Å². The predicted molar refractivity (Wildman–Crippen MR) is 63.2 cm³/mol. The zero-order valence-corrected chi connectivity index (χ0v) is 10.6. The molecular weight excluding hydrogens is 254 g/mol. The average molecular weight is 269 g/mol. The summed E-state index contributed by atoms with van der Waals surface area (Å²) in [5.41, 5.74) is 0.0728. The maximum atomic E-state index is 11.3. The highest BCUT2D eigenvalue weighted by Crippen LogP contribution is 2.17. The van der Waals surface area contributed by atoms with Crippen LogP contribution in [0.3, 0.4) is 0 Å². The molecular formula is C12H15NO6. The molecule has 0 saturated heterocycles. The monoisotopic (exact) mass is 269 g/mol. The summed E-state index contributed by atoms with van der Waals surface area (Å²) in [5, 5.41) is 19.5. The van der Waals surface area contributed by atoms with Gasteiger partial charge in [0.2, 0.25) is 0 Å². The minimum Gasteiger partial charge on any atom is -0.469 e. The number of hydrogen-bond donors (Lipinski definition) is 2. The van der Waals surface area contributed by atoms with Gasteiger partial charge in [0.05, 0.1) is 32.4 Å². The molecule has 2 N–H and O–H groups in total. The van der Waals surface area contributed by atoms with Crippen LogP contribution >= 0.6 is 0 Å². The van der Waals surface area contributed by atoms with Crippen molar-refractivity contribution in [2.45, 2.75) is 18.6 Å². The number of carbonyl (C=O) groups is 2. The van der Waals surface area contributed by atoms with Gasteiger partial charge in [0, 0.05) is 0 Å². The summed E-state index contributed by atoms with van der Waals surface area (Å²) in [7, 11) is 2.39. The Balaban J connectivity index is 2.84. The number of rotatable bonds is 5. The van der Waals surface area contributed by atoms with Crippen molar-refractivity contribution in [3.05, 3.63) is 29.6 Å². The van der Waals surface area contributed by atoms with Crippen molar-refractivity contribution >= 4 is 11.9 Å². The molecule has 1 aromatic rings. The van der Waals surface area contributed by atoms with Crippen LogP contribution in [0.2, 0.25) is 0 Å². The van der Waals surface area contributed by atoms with Crippen LogP contribution in [0.25, 0.3) is 0 Å². The van der Waals surface area contributed by atoms with Crippen LogP contribution in [0.5, 0.6) is 0 Å². The average Bonchev–Trinajstić information content (AvgIpc) is 2.45. The van der Waals surface area contributed by atoms with E-state index in [1.165, 1.54) is 32.4 Å². The fourth-order valence-corrected chi connectivity index (χ4v) is 1.40. The Morgan fingerprint density at radius 1 is 1.26 bits per heavy atom. The number of aromatic nitrogens is 1. The Morgan fingerprint density at radius 3 is 2.53 bits per heavy atom. The standard InChI is InChI=1S/C12H15NO6/c1-18-10(15)6-9(14)11(16)7-4-3-5-8(13-7)12(17)19-2/h3-5,9,11,14,16H,6H2,1-2H3. The SMILES string of the molecule is COC(=O)CC(O)C(O)c1cccc(C(=O)OC)n1. The minimum absolute atomic E-state index is 0.00400. The molecule has 7 heteroatoms. The molecule has 0 spiro atoms. The molecule has 0 fully saturated rings. The molecule has 19 heavy (non-hydrogen) atoms. The van der Waals surface area contributed by atoms with Crippen LogP contribution in [0.1, 0.15) is 28.7 Å². The smallest absolute Gasteiger partial charge is 0.356 e. The summed E-state index contributed by atoms with van der Waals surface area (Å²) in [4.78, 5) is 26.1. The molecule has 1 rings (SSSR count). The van der Waals surface area contributed by atoms with Gasteiger partial charge in [-0.1, -0.05) is 6.07 Å². The molecule has 0 amide bonds. The summed E-state index contributed by atoms with van der Waals surface area (Å²) in [5.74, 6) is -1.31. The quantitative estimate of drug-likeness (QED) is 0.714. The lowest BCUT2D eigenvalue weighted by atomic mass is 10.1. The highest BCUT2D eigenvalue weighted by atomic mass is 16.5. The normalized spacial score (nSPS) is 13.5. The lowest BCUT2D eigenvalue weighted by Gasteiger charge is -2.16. The number of pyridine rings is 1. The van der Waals surface area contributed by atoms with Gasteiger partial charge in [-0.15, -0.1) is 0 Å². The third-order valence-corrected chi connectivity index (χ3v) is 2.44. The molecule has 1 heterocycles. The Hall–Kier alpha value is -1.99. The fourth-order valence-electron chi connectivity index (χ4n) is 1.40. The molecule has 0 aromatic carbocycles. The first-order chi connectivity index (χ1) is 8.99.